The van der Waals surface area contributed by atoms with Crippen molar-refractivity contribution in [3.05, 3.63) is 44.6 Å². The van der Waals surface area contributed by atoms with Gasteiger partial charge in [-0.3, -0.25) is 14.9 Å². The highest BCUT2D eigenvalue weighted by Crippen LogP contribution is 2.36. The van der Waals surface area contributed by atoms with E-state index < -0.39 is 32.9 Å². The Balaban J connectivity index is 2.58. The summed E-state index contributed by atoms with van der Waals surface area (Å²) in [6.45, 7) is 0. The van der Waals surface area contributed by atoms with Crippen molar-refractivity contribution in [2.24, 2.45) is 0 Å². The third kappa shape index (κ3) is 1.73. The van der Waals surface area contributed by atoms with Crippen LogP contribution in [0.4, 0.5) is 5.69 Å². The number of nitrogens with zero attached hydrogens (tertiary/aromatic N) is 1. The molecule has 3 rings (SSSR count). The van der Waals surface area contributed by atoms with Gasteiger partial charge in [0.15, 0.2) is 0 Å². The van der Waals surface area contributed by atoms with Crippen molar-refractivity contribution < 1.29 is 24.7 Å². The van der Waals surface area contributed by atoms with Crippen LogP contribution in [0.15, 0.2) is 33.5 Å². The van der Waals surface area contributed by atoms with Crippen LogP contribution >= 0.6 is 0 Å². The zero-order valence-electron chi connectivity index (χ0n) is 10.2. The average molecular weight is 289 g/mol. The zero-order valence-corrected chi connectivity index (χ0v) is 10.2. The molecule has 0 radical (unpaired) electrons. The number of aromatic hydroxyl groups is 3. The van der Waals surface area contributed by atoms with Crippen LogP contribution in [0.1, 0.15) is 0 Å². The summed E-state index contributed by atoms with van der Waals surface area (Å²) in [5.74, 6) is -1.69. The fourth-order valence-corrected chi connectivity index (χ4v) is 2.15. The molecular formula is C13H7NO7. The summed E-state index contributed by atoms with van der Waals surface area (Å²) in [6, 6.07) is 4.21. The minimum absolute atomic E-state index is 0.0967. The molecule has 106 valence electrons. The van der Waals surface area contributed by atoms with E-state index in [4.69, 9.17) is 4.42 Å². The molecule has 0 aliphatic carbocycles. The van der Waals surface area contributed by atoms with Crippen molar-refractivity contribution in [2.45, 2.75) is 0 Å². The molecule has 0 spiro atoms. The van der Waals surface area contributed by atoms with E-state index in [9.17, 15) is 30.2 Å². The van der Waals surface area contributed by atoms with Crippen LogP contribution in [0.5, 0.6) is 17.2 Å². The number of phenols is 3. The second-order valence-electron chi connectivity index (χ2n) is 4.33. The van der Waals surface area contributed by atoms with Crippen molar-refractivity contribution in [1.29, 1.82) is 0 Å². The quantitative estimate of drug-likeness (QED) is 0.354. The summed E-state index contributed by atoms with van der Waals surface area (Å²) in [4.78, 5) is 22.3. The van der Waals surface area contributed by atoms with Crippen LogP contribution in [-0.2, 0) is 0 Å². The zero-order chi connectivity index (χ0) is 15.3. The van der Waals surface area contributed by atoms with Crippen molar-refractivity contribution >= 4 is 27.6 Å². The Labute approximate surface area is 115 Å². The van der Waals surface area contributed by atoms with E-state index in [0.29, 0.717) is 0 Å². The second kappa shape index (κ2) is 4.10. The smallest absolute Gasteiger partial charge is 0.311 e. The molecule has 3 aromatic rings. The van der Waals surface area contributed by atoms with E-state index in [1.807, 2.05) is 0 Å². The second-order valence-corrected chi connectivity index (χ2v) is 4.33. The maximum atomic E-state index is 12.3. The monoisotopic (exact) mass is 289 g/mol. The lowest BCUT2D eigenvalue weighted by molar-refractivity contribution is -0.385. The number of rotatable bonds is 1. The van der Waals surface area contributed by atoms with Crippen LogP contribution in [0.2, 0.25) is 0 Å². The van der Waals surface area contributed by atoms with Gasteiger partial charge in [-0.15, -0.1) is 0 Å². The Morgan fingerprint density at radius 3 is 2.43 bits per heavy atom. The molecule has 0 saturated carbocycles. The first-order chi connectivity index (χ1) is 9.90. The van der Waals surface area contributed by atoms with Crippen LogP contribution in [0, 0.1) is 10.1 Å². The minimum atomic E-state index is -0.838. The van der Waals surface area contributed by atoms with Gasteiger partial charge in [-0.2, -0.15) is 0 Å². The summed E-state index contributed by atoms with van der Waals surface area (Å²) in [5.41, 5.74) is -1.67. The summed E-state index contributed by atoms with van der Waals surface area (Å²) in [7, 11) is 0. The third-order valence-corrected chi connectivity index (χ3v) is 3.06. The molecule has 0 saturated heterocycles. The molecule has 0 atom stereocenters. The van der Waals surface area contributed by atoms with Crippen molar-refractivity contribution in [2.75, 3.05) is 0 Å². The highest BCUT2D eigenvalue weighted by molar-refractivity contribution is 5.97. The van der Waals surface area contributed by atoms with E-state index in [1.165, 1.54) is 0 Å². The number of hydrogen-bond acceptors (Lipinski definition) is 7. The van der Waals surface area contributed by atoms with Gasteiger partial charge in [0.2, 0.25) is 11.2 Å². The van der Waals surface area contributed by atoms with Gasteiger partial charge in [0.1, 0.15) is 33.4 Å². The largest absolute Gasteiger partial charge is 0.508 e. The summed E-state index contributed by atoms with van der Waals surface area (Å²) in [6.07, 6.45) is 0. The van der Waals surface area contributed by atoms with E-state index in [0.717, 1.165) is 24.3 Å². The van der Waals surface area contributed by atoms with Crippen LogP contribution in [0.3, 0.4) is 0 Å². The Morgan fingerprint density at radius 2 is 1.76 bits per heavy atom. The first-order valence-corrected chi connectivity index (χ1v) is 5.69. The molecule has 0 aliphatic rings. The molecule has 0 fully saturated rings. The third-order valence-electron chi connectivity index (χ3n) is 3.06. The highest BCUT2D eigenvalue weighted by atomic mass is 16.6. The molecule has 8 heteroatoms. The molecule has 0 aliphatic heterocycles. The lowest BCUT2D eigenvalue weighted by Crippen LogP contribution is -2.04. The predicted molar refractivity (Wildman–Crippen MR) is 71.6 cm³/mol. The van der Waals surface area contributed by atoms with Crippen molar-refractivity contribution in [1.82, 2.24) is 0 Å². The number of nitro groups is 1. The van der Waals surface area contributed by atoms with Gasteiger partial charge in [0.25, 0.3) is 0 Å². The lowest BCUT2D eigenvalue weighted by Gasteiger charge is -2.05. The van der Waals surface area contributed by atoms with Crippen LogP contribution in [-0.4, -0.2) is 20.2 Å². The number of nitro benzene ring substituents is 1. The molecule has 1 heterocycles. The summed E-state index contributed by atoms with van der Waals surface area (Å²) < 4.78 is 5.30. The van der Waals surface area contributed by atoms with E-state index >= 15 is 0 Å². The van der Waals surface area contributed by atoms with Gasteiger partial charge in [-0.05, 0) is 6.07 Å². The Bertz CT molecular complexity index is 974. The summed E-state index contributed by atoms with van der Waals surface area (Å²) >= 11 is 0. The van der Waals surface area contributed by atoms with Crippen LogP contribution in [0.25, 0.3) is 21.9 Å². The molecule has 1 aromatic heterocycles. The number of fused-ring (bicyclic) bond motifs is 2. The summed E-state index contributed by atoms with van der Waals surface area (Å²) in [5, 5.41) is 39.1. The Hall–Kier alpha value is -3.29. The van der Waals surface area contributed by atoms with Gasteiger partial charge < -0.3 is 19.7 Å². The molecule has 3 N–H and O–H groups in total. The molecule has 0 unspecified atom stereocenters. The normalized spacial score (nSPS) is 11.0. The highest BCUT2D eigenvalue weighted by Gasteiger charge is 2.22. The fourth-order valence-electron chi connectivity index (χ4n) is 2.15. The van der Waals surface area contributed by atoms with Gasteiger partial charge in [0.05, 0.1) is 4.92 Å². The van der Waals surface area contributed by atoms with Gasteiger partial charge in [0, 0.05) is 18.2 Å². The first kappa shape index (κ1) is 12.7. The van der Waals surface area contributed by atoms with Gasteiger partial charge >= 0.3 is 5.69 Å². The van der Waals surface area contributed by atoms with E-state index in [2.05, 4.69) is 0 Å². The van der Waals surface area contributed by atoms with Crippen LogP contribution < -0.4 is 5.43 Å². The number of hydrogen-bond donors (Lipinski definition) is 3. The molecule has 8 nitrogen and oxygen atoms in total. The molecule has 0 bridgehead atoms. The molecule has 21 heavy (non-hydrogen) atoms. The molecule has 0 amide bonds. The predicted octanol–water partition coefficient (Wildman–Crippen LogP) is 1.97. The van der Waals surface area contributed by atoms with Gasteiger partial charge in [-0.25, -0.2) is 0 Å². The molecular weight excluding hydrogens is 282 g/mol. The minimum Gasteiger partial charge on any atom is -0.508 e. The number of phenolic OH excluding ortho intramolecular Hbond substituents is 3. The standard InChI is InChI=1S/C13H7NO7/c15-5-3-7(16)10-9(4-5)21-8-2-1-6(14(19)20)12(17)11(8)13(10)18/h1-4,15-17H. The van der Waals surface area contributed by atoms with Gasteiger partial charge in [-0.1, -0.05) is 0 Å². The average Bonchev–Trinajstić information content (AvgIpc) is 2.36. The topological polar surface area (TPSA) is 134 Å². The lowest BCUT2D eigenvalue weighted by atomic mass is 10.1. The fraction of sp³-hybridized carbons (Fsp3) is 0. The molecule has 2 aromatic carbocycles. The maximum Gasteiger partial charge on any atom is 0.311 e. The Kier molecular flexibility index (Phi) is 2.49. The van der Waals surface area contributed by atoms with E-state index in [1.54, 1.807) is 0 Å². The Morgan fingerprint density at radius 1 is 1.05 bits per heavy atom. The van der Waals surface area contributed by atoms with E-state index in [-0.39, 0.29) is 22.3 Å². The number of benzene rings is 2. The first-order valence-electron chi connectivity index (χ1n) is 5.69. The van der Waals surface area contributed by atoms with Crippen molar-refractivity contribution in [3.8, 4) is 17.2 Å². The SMILES string of the molecule is O=c1c2c(O)cc(O)cc2oc2ccc([N+](=O)[O-])c(O)c12. The maximum absolute atomic E-state index is 12.3. The van der Waals surface area contributed by atoms with Crippen molar-refractivity contribution in [3.63, 3.8) is 0 Å².